The molecule has 0 unspecified atom stereocenters. The average Bonchev–Trinajstić information content (AvgIpc) is 3.29. The summed E-state index contributed by atoms with van der Waals surface area (Å²) in [7, 11) is 0. The van der Waals surface area contributed by atoms with Crippen molar-refractivity contribution in [3.8, 4) is 0 Å². The van der Waals surface area contributed by atoms with E-state index in [0.29, 0.717) is 18.7 Å². The largest absolute Gasteiger partial charge is 0.350 e. The third-order valence-electron chi connectivity index (χ3n) is 5.71. The molecule has 33 heavy (non-hydrogen) atoms. The smallest absolute Gasteiger partial charge is 0.251 e. The summed E-state index contributed by atoms with van der Waals surface area (Å²) in [6.07, 6.45) is 3.66. The van der Waals surface area contributed by atoms with Gasteiger partial charge in [-0.05, 0) is 46.2 Å². The van der Waals surface area contributed by atoms with Crippen LogP contribution in [0, 0.1) is 5.92 Å². The minimum Gasteiger partial charge on any atom is -0.350 e. The highest BCUT2D eigenvalue weighted by Gasteiger charge is 2.25. The highest BCUT2D eigenvalue weighted by Crippen LogP contribution is 2.22. The van der Waals surface area contributed by atoms with Crippen molar-refractivity contribution in [1.82, 2.24) is 20.4 Å². The molecule has 0 saturated carbocycles. The lowest BCUT2D eigenvalue weighted by molar-refractivity contribution is -0.124. The molecule has 1 heterocycles. The van der Waals surface area contributed by atoms with Crippen molar-refractivity contribution in [3.63, 3.8) is 0 Å². The molecule has 2 N–H and O–H groups in total. The van der Waals surface area contributed by atoms with Crippen molar-refractivity contribution in [2.24, 2.45) is 5.92 Å². The van der Waals surface area contributed by atoms with Gasteiger partial charge in [-0.25, -0.2) is 0 Å². The fourth-order valence-electron chi connectivity index (χ4n) is 3.63. The number of rotatable bonds is 8. The van der Waals surface area contributed by atoms with Crippen molar-refractivity contribution >= 4 is 11.8 Å². The van der Waals surface area contributed by atoms with Crippen molar-refractivity contribution in [3.05, 3.63) is 89.2 Å². The van der Waals surface area contributed by atoms with Crippen molar-refractivity contribution in [2.45, 2.75) is 59.2 Å². The first-order chi connectivity index (χ1) is 15.6. The number of carbonyl (C=O) groups is 2. The summed E-state index contributed by atoms with van der Waals surface area (Å²) in [5.41, 5.74) is 3.83. The minimum atomic E-state index is -0.627. The number of aromatic nitrogens is 2. The minimum absolute atomic E-state index is 0.0169. The van der Waals surface area contributed by atoms with Crippen molar-refractivity contribution in [2.75, 3.05) is 0 Å². The Hall–Kier alpha value is -3.41. The number of hydrogen-bond donors (Lipinski definition) is 2. The van der Waals surface area contributed by atoms with Gasteiger partial charge in [0.15, 0.2) is 0 Å². The Balaban J connectivity index is 1.64. The van der Waals surface area contributed by atoms with Gasteiger partial charge >= 0.3 is 0 Å². The fraction of sp³-hybridized carbons (Fsp3) is 0.370. The topological polar surface area (TPSA) is 76.0 Å². The average molecular weight is 447 g/mol. The lowest BCUT2D eigenvalue weighted by Gasteiger charge is -2.23. The second-order valence-corrected chi connectivity index (χ2v) is 9.71. The van der Waals surface area contributed by atoms with Crippen LogP contribution in [0.1, 0.15) is 61.7 Å². The van der Waals surface area contributed by atoms with Crippen LogP contribution in [-0.2, 0) is 23.3 Å². The SMILES string of the molecule is CC(C)[C@@H](NC(=O)c1ccc(C(C)(C)C)cc1)C(=O)NCc1ccccc1Cn1cccn1. The summed E-state index contributed by atoms with van der Waals surface area (Å²) >= 11 is 0. The zero-order valence-electron chi connectivity index (χ0n) is 20.1. The molecule has 6 nitrogen and oxygen atoms in total. The van der Waals surface area contributed by atoms with Gasteiger partial charge in [-0.1, -0.05) is 71.0 Å². The predicted molar refractivity (Wildman–Crippen MR) is 131 cm³/mol. The van der Waals surface area contributed by atoms with Gasteiger partial charge in [-0.2, -0.15) is 5.10 Å². The number of nitrogens with zero attached hydrogens (tertiary/aromatic N) is 2. The van der Waals surface area contributed by atoms with E-state index < -0.39 is 6.04 Å². The first-order valence-corrected chi connectivity index (χ1v) is 11.4. The van der Waals surface area contributed by atoms with Crippen LogP contribution in [0.15, 0.2) is 67.0 Å². The number of hydrogen-bond acceptors (Lipinski definition) is 3. The molecule has 2 aromatic carbocycles. The number of nitrogens with one attached hydrogen (secondary N) is 2. The Kier molecular flexibility index (Phi) is 7.69. The third-order valence-corrected chi connectivity index (χ3v) is 5.71. The summed E-state index contributed by atoms with van der Waals surface area (Å²) in [6, 6.07) is 16.8. The molecule has 0 fully saturated rings. The molecule has 0 aliphatic rings. The first kappa shape index (κ1) is 24.2. The predicted octanol–water partition coefficient (Wildman–Crippen LogP) is 4.30. The van der Waals surface area contributed by atoms with Crippen LogP contribution in [0.25, 0.3) is 0 Å². The molecule has 0 radical (unpaired) electrons. The summed E-state index contributed by atoms with van der Waals surface area (Å²) in [4.78, 5) is 25.8. The zero-order valence-corrected chi connectivity index (χ0v) is 20.1. The van der Waals surface area contributed by atoms with Gasteiger partial charge in [-0.15, -0.1) is 0 Å². The van der Waals surface area contributed by atoms with Crippen LogP contribution in [0.2, 0.25) is 0 Å². The van der Waals surface area contributed by atoms with E-state index in [1.165, 1.54) is 0 Å². The van der Waals surface area contributed by atoms with Crippen LogP contribution >= 0.6 is 0 Å². The summed E-state index contributed by atoms with van der Waals surface area (Å²) in [5, 5.41) is 10.2. The van der Waals surface area contributed by atoms with Gasteiger partial charge in [0.1, 0.15) is 6.04 Å². The van der Waals surface area contributed by atoms with E-state index in [1.807, 2.05) is 79.3 Å². The van der Waals surface area contributed by atoms with E-state index in [1.54, 1.807) is 6.20 Å². The highest BCUT2D eigenvalue weighted by molar-refractivity contribution is 5.97. The fourth-order valence-corrected chi connectivity index (χ4v) is 3.63. The molecule has 3 aromatic rings. The molecule has 174 valence electrons. The van der Waals surface area contributed by atoms with E-state index in [-0.39, 0.29) is 23.1 Å². The molecule has 2 amide bonds. The molecule has 0 bridgehead atoms. The third kappa shape index (κ3) is 6.54. The van der Waals surface area contributed by atoms with E-state index in [4.69, 9.17) is 0 Å². The van der Waals surface area contributed by atoms with Crippen LogP contribution in [0.4, 0.5) is 0 Å². The lowest BCUT2D eigenvalue weighted by atomic mass is 9.86. The molecule has 0 aliphatic heterocycles. The van der Waals surface area contributed by atoms with E-state index in [2.05, 4.69) is 36.5 Å². The van der Waals surface area contributed by atoms with E-state index >= 15 is 0 Å². The van der Waals surface area contributed by atoms with Gasteiger partial charge in [0.05, 0.1) is 6.54 Å². The maximum Gasteiger partial charge on any atom is 0.251 e. The molecule has 3 rings (SSSR count). The Labute approximate surface area is 196 Å². The summed E-state index contributed by atoms with van der Waals surface area (Å²) < 4.78 is 1.85. The van der Waals surface area contributed by atoms with E-state index in [9.17, 15) is 9.59 Å². The normalized spacial score (nSPS) is 12.4. The molecule has 0 saturated heterocycles. The van der Waals surface area contributed by atoms with E-state index in [0.717, 1.165) is 16.7 Å². The second kappa shape index (κ2) is 10.5. The monoisotopic (exact) mass is 446 g/mol. The van der Waals surface area contributed by atoms with Crippen LogP contribution in [0.3, 0.4) is 0 Å². The van der Waals surface area contributed by atoms with Crippen molar-refractivity contribution < 1.29 is 9.59 Å². The quantitative estimate of drug-likeness (QED) is 0.542. The summed E-state index contributed by atoms with van der Waals surface area (Å²) in [5.74, 6) is -0.496. The molecular weight excluding hydrogens is 412 g/mol. The van der Waals surface area contributed by atoms with Crippen LogP contribution < -0.4 is 10.6 Å². The van der Waals surface area contributed by atoms with Crippen LogP contribution in [0.5, 0.6) is 0 Å². The maximum atomic E-state index is 13.0. The van der Waals surface area contributed by atoms with Gasteiger partial charge in [0, 0.05) is 24.5 Å². The van der Waals surface area contributed by atoms with Gasteiger partial charge < -0.3 is 10.6 Å². The van der Waals surface area contributed by atoms with Crippen molar-refractivity contribution in [1.29, 1.82) is 0 Å². The maximum absolute atomic E-state index is 13.0. The number of benzene rings is 2. The Morgan fingerprint density at radius 1 is 0.970 bits per heavy atom. The Morgan fingerprint density at radius 3 is 2.21 bits per heavy atom. The summed E-state index contributed by atoms with van der Waals surface area (Å²) in [6.45, 7) is 11.3. The molecule has 6 heteroatoms. The van der Waals surface area contributed by atoms with Gasteiger partial charge in [-0.3, -0.25) is 14.3 Å². The van der Waals surface area contributed by atoms with Gasteiger partial charge in [0.2, 0.25) is 5.91 Å². The molecule has 0 aliphatic carbocycles. The molecule has 0 spiro atoms. The first-order valence-electron chi connectivity index (χ1n) is 11.4. The number of carbonyl (C=O) groups excluding carboxylic acids is 2. The standard InChI is InChI=1S/C27H34N4O2/c1-19(2)24(30-25(32)20-11-13-23(14-12-20)27(3,4)5)26(33)28-17-21-9-6-7-10-22(21)18-31-16-8-15-29-31/h6-16,19,24H,17-18H2,1-5H3,(H,28,33)(H,30,32)/t24-/m1/s1. The lowest BCUT2D eigenvalue weighted by Crippen LogP contribution is -2.49. The van der Waals surface area contributed by atoms with Crippen LogP contribution in [-0.4, -0.2) is 27.6 Å². The zero-order chi connectivity index (χ0) is 24.0. The van der Waals surface area contributed by atoms with Gasteiger partial charge in [0.25, 0.3) is 5.91 Å². The molecule has 1 atom stereocenters. The highest BCUT2D eigenvalue weighted by atomic mass is 16.2. The Morgan fingerprint density at radius 2 is 1.64 bits per heavy atom. The second-order valence-electron chi connectivity index (χ2n) is 9.71. The molecular formula is C27H34N4O2. The number of amides is 2. The Bertz CT molecular complexity index is 1060. The molecule has 1 aromatic heterocycles.